The first-order chi connectivity index (χ1) is 9.38. The van der Waals surface area contributed by atoms with Gasteiger partial charge in [0.1, 0.15) is 0 Å². The maximum atomic E-state index is 11.7. The first kappa shape index (κ1) is 15.3. The second-order valence-corrected chi connectivity index (χ2v) is 6.44. The van der Waals surface area contributed by atoms with Crippen LogP contribution < -0.4 is 0 Å². The van der Waals surface area contributed by atoms with Crippen molar-refractivity contribution in [3.8, 4) is 0 Å². The number of carboxylic acids is 1. The Morgan fingerprint density at radius 3 is 2.50 bits per heavy atom. The van der Waals surface area contributed by atoms with E-state index < -0.39 is 11.4 Å². The summed E-state index contributed by atoms with van der Waals surface area (Å²) in [6.45, 7) is 7.48. The number of nitrogens with zero attached hydrogens (tertiary/aromatic N) is 1. The molecule has 2 unspecified atom stereocenters. The predicted molar refractivity (Wildman–Crippen MR) is 81.0 cm³/mol. The van der Waals surface area contributed by atoms with Gasteiger partial charge in [0.15, 0.2) is 0 Å². The molecule has 1 aromatic carbocycles. The minimum atomic E-state index is -0.679. The standard InChI is InChI=1S/C16H22ClNO2/c1-11(2)16(15(19)20)8-9-18(10-16)12(3)13-6-4-5-7-14(13)17/h4-7,11-12H,8-10H2,1-3H3,(H,19,20). The summed E-state index contributed by atoms with van der Waals surface area (Å²) in [4.78, 5) is 13.9. The molecular weight excluding hydrogens is 274 g/mol. The molecule has 0 spiro atoms. The lowest BCUT2D eigenvalue weighted by Gasteiger charge is -2.31. The lowest BCUT2D eigenvalue weighted by atomic mass is 9.76. The summed E-state index contributed by atoms with van der Waals surface area (Å²) in [5.41, 5.74) is 0.439. The van der Waals surface area contributed by atoms with E-state index in [1.165, 1.54) is 0 Å². The zero-order valence-electron chi connectivity index (χ0n) is 12.3. The molecule has 20 heavy (non-hydrogen) atoms. The SMILES string of the molecule is CC(c1ccccc1Cl)N1CCC(C(=O)O)(C(C)C)C1. The Bertz CT molecular complexity index is 503. The summed E-state index contributed by atoms with van der Waals surface area (Å²) in [6, 6.07) is 7.93. The zero-order valence-corrected chi connectivity index (χ0v) is 13.0. The van der Waals surface area contributed by atoms with E-state index in [9.17, 15) is 9.90 Å². The first-order valence-electron chi connectivity index (χ1n) is 7.10. The Labute approximate surface area is 125 Å². The van der Waals surface area contributed by atoms with Crippen LogP contribution in [0.15, 0.2) is 24.3 Å². The number of aliphatic carboxylic acids is 1. The molecule has 1 N–H and O–H groups in total. The Morgan fingerprint density at radius 1 is 1.35 bits per heavy atom. The number of hydrogen-bond acceptors (Lipinski definition) is 2. The molecule has 2 rings (SSSR count). The molecule has 1 saturated heterocycles. The van der Waals surface area contributed by atoms with Gasteiger partial charge >= 0.3 is 5.97 Å². The van der Waals surface area contributed by atoms with Gasteiger partial charge < -0.3 is 5.11 Å². The third kappa shape index (κ3) is 2.57. The van der Waals surface area contributed by atoms with Crippen LogP contribution in [0.1, 0.15) is 38.8 Å². The van der Waals surface area contributed by atoms with E-state index in [4.69, 9.17) is 11.6 Å². The topological polar surface area (TPSA) is 40.5 Å². The van der Waals surface area contributed by atoms with Gasteiger partial charge in [-0.3, -0.25) is 9.69 Å². The molecule has 4 heteroatoms. The van der Waals surface area contributed by atoms with E-state index in [-0.39, 0.29) is 12.0 Å². The average molecular weight is 296 g/mol. The first-order valence-corrected chi connectivity index (χ1v) is 7.48. The molecule has 1 aliphatic heterocycles. The smallest absolute Gasteiger partial charge is 0.311 e. The quantitative estimate of drug-likeness (QED) is 0.917. The molecule has 0 saturated carbocycles. The molecule has 0 bridgehead atoms. The fourth-order valence-electron chi connectivity index (χ4n) is 3.10. The van der Waals surface area contributed by atoms with Crippen LogP contribution in [0.5, 0.6) is 0 Å². The van der Waals surface area contributed by atoms with Crippen LogP contribution in [0, 0.1) is 11.3 Å². The van der Waals surface area contributed by atoms with Gasteiger partial charge in [-0.15, -0.1) is 0 Å². The second-order valence-electron chi connectivity index (χ2n) is 6.03. The molecule has 1 aromatic rings. The third-order valence-corrected chi connectivity index (χ3v) is 5.11. The number of carbonyl (C=O) groups is 1. The zero-order chi connectivity index (χ0) is 14.9. The van der Waals surface area contributed by atoms with Crippen LogP contribution in [-0.4, -0.2) is 29.1 Å². The lowest BCUT2D eigenvalue weighted by molar-refractivity contribution is -0.151. The van der Waals surface area contributed by atoms with Gasteiger partial charge in [-0.05, 0) is 37.4 Å². The summed E-state index contributed by atoms with van der Waals surface area (Å²) >= 11 is 6.25. The number of halogens is 1. The van der Waals surface area contributed by atoms with Crippen LogP contribution in [-0.2, 0) is 4.79 Å². The maximum absolute atomic E-state index is 11.7. The van der Waals surface area contributed by atoms with E-state index in [0.717, 1.165) is 17.1 Å². The van der Waals surface area contributed by atoms with Crippen molar-refractivity contribution in [3.63, 3.8) is 0 Å². The fourth-order valence-corrected chi connectivity index (χ4v) is 3.39. The van der Waals surface area contributed by atoms with Crippen molar-refractivity contribution in [1.82, 2.24) is 4.90 Å². The van der Waals surface area contributed by atoms with Gasteiger partial charge in [-0.25, -0.2) is 0 Å². The van der Waals surface area contributed by atoms with Gasteiger partial charge in [0.2, 0.25) is 0 Å². The summed E-state index contributed by atoms with van der Waals surface area (Å²) < 4.78 is 0. The average Bonchev–Trinajstić information content (AvgIpc) is 2.85. The fraction of sp³-hybridized carbons (Fsp3) is 0.562. The molecule has 2 atom stereocenters. The van der Waals surface area contributed by atoms with Crippen molar-refractivity contribution in [2.45, 2.75) is 33.2 Å². The monoisotopic (exact) mass is 295 g/mol. The number of benzene rings is 1. The second kappa shape index (κ2) is 5.74. The van der Waals surface area contributed by atoms with Crippen molar-refractivity contribution in [1.29, 1.82) is 0 Å². The Balaban J connectivity index is 2.21. The molecule has 0 aliphatic carbocycles. The Kier molecular flexibility index (Phi) is 4.40. The predicted octanol–water partition coefficient (Wildman–Crippen LogP) is 3.83. The minimum absolute atomic E-state index is 0.128. The van der Waals surface area contributed by atoms with Crippen molar-refractivity contribution >= 4 is 17.6 Å². The van der Waals surface area contributed by atoms with Gasteiger partial charge in [-0.1, -0.05) is 43.6 Å². The van der Waals surface area contributed by atoms with Crippen molar-refractivity contribution < 1.29 is 9.90 Å². The highest BCUT2D eigenvalue weighted by Crippen LogP contribution is 2.42. The minimum Gasteiger partial charge on any atom is -0.481 e. The van der Waals surface area contributed by atoms with E-state index in [0.29, 0.717) is 13.0 Å². The summed E-state index contributed by atoms with van der Waals surface area (Å²) in [5.74, 6) is -0.551. The molecule has 110 valence electrons. The number of hydrogen-bond donors (Lipinski definition) is 1. The van der Waals surface area contributed by atoms with Crippen LogP contribution in [0.3, 0.4) is 0 Å². The number of likely N-dealkylation sites (tertiary alicyclic amines) is 1. The lowest BCUT2D eigenvalue weighted by Crippen LogP contribution is -2.39. The molecule has 1 aliphatic rings. The van der Waals surface area contributed by atoms with Gasteiger partial charge in [0.25, 0.3) is 0 Å². The van der Waals surface area contributed by atoms with Crippen molar-refractivity contribution in [2.24, 2.45) is 11.3 Å². The van der Waals surface area contributed by atoms with Gasteiger partial charge in [0.05, 0.1) is 5.41 Å². The molecule has 1 heterocycles. The maximum Gasteiger partial charge on any atom is 0.311 e. The highest BCUT2D eigenvalue weighted by molar-refractivity contribution is 6.31. The number of carboxylic acid groups (broad SMARTS) is 1. The van der Waals surface area contributed by atoms with Crippen LogP contribution >= 0.6 is 11.6 Å². The highest BCUT2D eigenvalue weighted by atomic mass is 35.5. The Morgan fingerprint density at radius 2 is 2.00 bits per heavy atom. The van der Waals surface area contributed by atoms with Crippen molar-refractivity contribution in [3.05, 3.63) is 34.9 Å². The summed E-state index contributed by atoms with van der Waals surface area (Å²) in [7, 11) is 0. The number of rotatable bonds is 4. The molecule has 0 amide bonds. The molecule has 3 nitrogen and oxygen atoms in total. The Hall–Kier alpha value is -1.06. The third-order valence-electron chi connectivity index (χ3n) is 4.76. The van der Waals surface area contributed by atoms with E-state index >= 15 is 0 Å². The van der Waals surface area contributed by atoms with Gasteiger partial charge in [-0.2, -0.15) is 0 Å². The summed E-state index contributed by atoms with van der Waals surface area (Å²) in [6.07, 6.45) is 0.703. The molecule has 0 radical (unpaired) electrons. The van der Waals surface area contributed by atoms with Crippen LogP contribution in [0.25, 0.3) is 0 Å². The largest absolute Gasteiger partial charge is 0.481 e. The van der Waals surface area contributed by atoms with Crippen LogP contribution in [0.2, 0.25) is 5.02 Å². The molecule has 0 aromatic heterocycles. The van der Waals surface area contributed by atoms with Crippen molar-refractivity contribution in [2.75, 3.05) is 13.1 Å². The van der Waals surface area contributed by atoms with E-state index in [1.54, 1.807) is 0 Å². The molecular formula is C16H22ClNO2. The van der Waals surface area contributed by atoms with Crippen LogP contribution in [0.4, 0.5) is 0 Å². The van der Waals surface area contributed by atoms with E-state index in [1.807, 2.05) is 38.1 Å². The normalized spacial score (nSPS) is 25.1. The van der Waals surface area contributed by atoms with Gasteiger partial charge in [0, 0.05) is 17.6 Å². The highest BCUT2D eigenvalue weighted by Gasteiger charge is 2.48. The summed E-state index contributed by atoms with van der Waals surface area (Å²) in [5, 5.41) is 10.4. The van der Waals surface area contributed by atoms with E-state index in [2.05, 4.69) is 11.8 Å². The molecule has 1 fully saturated rings.